The van der Waals surface area contributed by atoms with Gasteiger partial charge in [0.25, 0.3) is 5.91 Å². The first-order valence-corrected chi connectivity index (χ1v) is 14.0. The first kappa shape index (κ1) is 25.7. The second-order valence-corrected chi connectivity index (χ2v) is 12.8. The molecule has 0 spiro atoms. The second-order valence-electron chi connectivity index (χ2n) is 12.8. The fourth-order valence-electron chi connectivity index (χ4n) is 8.86. The topological polar surface area (TPSA) is 75.4 Å². The summed E-state index contributed by atoms with van der Waals surface area (Å²) >= 11 is 0. The lowest BCUT2D eigenvalue weighted by atomic mass is 9.47. The van der Waals surface area contributed by atoms with Crippen LogP contribution in [0.5, 0.6) is 0 Å². The zero-order valence-corrected chi connectivity index (χ0v) is 22.3. The number of hydrogen-bond donors (Lipinski definition) is 1. The standard InChI is InChI=1S/C29H42FN3O3/c1-5-32(4)26(35)19-15-31-33(16-19)17-20(18-34)23-8-9-24-22-7-6-21-14-27(2,36)12-13-29(21,30)25(22)10-11-28(23,24)3/h15-16,21-25,36H,5-14,17H2,1-4H3/t21-,22+,23-,24+,25+,27-,28-,29-/m1/s1. The van der Waals surface area contributed by atoms with E-state index >= 15 is 4.39 Å². The fraction of sp³-hybridized carbons (Fsp3) is 0.793. The molecule has 0 radical (unpaired) electrons. The SMILES string of the molecule is CCN(C)C(=O)c1cnn(CC(=C=O)[C@H]2CC[C@H]3[C@@H]4CC[C@@H]5C[C@](C)(O)CC[C@]5(F)[C@H]4CC[C@]23C)c1. The summed E-state index contributed by atoms with van der Waals surface area (Å²) in [6.45, 7) is 7.08. The molecule has 4 saturated carbocycles. The molecule has 1 N–H and O–H groups in total. The minimum absolute atomic E-state index is 0.0297. The summed E-state index contributed by atoms with van der Waals surface area (Å²) in [6, 6.07) is 0. The molecule has 4 fully saturated rings. The highest BCUT2D eigenvalue weighted by Gasteiger charge is 2.63. The molecule has 1 aromatic heterocycles. The van der Waals surface area contributed by atoms with Crippen LogP contribution in [0.1, 0.15) is 88.9 Å². The Morgan fingerprint density at radius 1 is 1.19 bits per heavy atom. The molecule has 1 amide bonds. The van der Waals surface area contributed by atoms with Gasteiger partial charge < -0.3 is 10.0 Å². The highest BCUT2D eigenvalue weighted by Crippen LogP contribution is 2.67. The van der Waals surface area contributed by atoms with Gasteiger partial charge in [0.15, 0.2) is 0 Å². The van der Waals surface area contributed by atoms with Gasteiger partial charge in [0.05, 0.1) is 23.9 Å². The molecule has 1 aromatic rings. The van der Waals surface area contributed by atoms with Crippen LogP contribution in [-0.4, -0.2) is 56.5 Å². The van der Waals surface area contributed by atoms with Crippen molar-refractivity contribution in [1.29, 1.82) is 0 Å². The summed E-state index contributed by atoms with van der Waals surface area (Å²) in [4.78, 5) is 26.3. The minimum atomic E-state index is -1.16. The van der Waals surface area contributed by atoms with Crippen molar-refractivity contribution in [2.75, 3.05) is 13.6 Å². The maximum atomic E-state index is 16.6. The number of aromatic nitrogens is 2. The van der Waals surface area contributed by atoms with E-state index in [-0.39, 0.29) is 29.1 Å². The predicted molar refractivity (Wildman–Crippen MR) is 136 cm³/mol. The zero-order valence-electron chi connectivity index (χ0n) is 22.3. The fourth-order valence-corrected chi connectivity index (χ4v) is 8.86. The van der Waals surface area contributed by atoms with Crippen LogP contribution < -0.4 is 0 Å². The normalized spacial score (nSPS) is 41.6. The Hall–Kier alpha value is -1.98. The van der Waals surface area contributed by atoms with Crippen molar-refractivity contribution >= 4 is 11.8 Å². The van der Waals surface area contributed by atoms with Gasteiger partial charge in [0.2, 0.25) is 0 Å². The Morgan fingerprint density at radius 3 is 2.69 bits per heavy atom. The molecule has 0 bridgehead atoms. The molecule has 198 valence electrons. The van der Waals surface area contributed by atoms with Crippen LogP contribution in [0.3, 0.4) is 0 Å². The Bertz CT molecular complexity index is 1060. The number of allylic oxidation sites excluding steroid dienone is 1. The molecule has 1 heterocycles. The van der Waals surface area contributed by atoms with Gasteiger partial charge in [0, 0.05) is 25.4 Å². The van der Waals surface area contributed by atoms with Crippen molar-refractivity contribution in [3.8, 4) is 0 Å². The molecule has 0 unspecified atom stereocenters. The summed E-state index contributed by atoms with van der Waals surface area (Å²) < 4.78 is 18.3. The average molecular weight is 500 g/mol. The number of halogens is 1. The lowest BCUT2D eigenvalue weighted by Gasteiger charge is -2.59. The van der Waals surface area contributed by atoms with Gasteiger partial charge in [-0.1, -0.05) is 6.92 Å². The number of rotatable bonds is 5. The Morgan fingerprint density at radius 2 is 1.97 bits per heavy atom. The van der Waals surface area contributed by atoms with E-state index in [2.05, 4.69) is 18.0 Å². The Balaban J connectivity index is 1.32. The van der Waals surface area contributed by atoms with Gasteiger partial charge >= 0.3 is 0 Å². The second kappa shape index (κ2) is 9.09. The van der Waals surface area contributed by atoms with Crippen molar-refractivity contribution in [3.05, 3.63) is 23.5 Å². The van der Waals surface area contributed by atoms with E-state index < -0.39 is 11.3 Å². The molecule has 5 rings (SSSR count). The third kappa shape index (κ3) is 4.07. The highest BCUT2D eigenvalue weighted by atomic mass is 19.1. The monoisotopic (exact) mass is 499 g/mol. The molecule has 8 atom stereocenters. The quantitative estimate of drug-likeness (QED) is 0.588. The number of fused-ring (bicyclic) bond motifs is 5. The molecule has 36 heavy (non-hydrogen) atoms. The molecule has 7 heteroatoms. The number of nitrogens with zero attached hydrogens (tertiary/aromatic N) is 3. The van der Waals surface area contributed by atoms with Crippen molar-refractivity contribution in [2.24, 2.45) is 35.0 Å². The lowest BCUT2D eigenvalue weighted by molar-refractivity contribution is -0.163. The van der Waals surface area contributed by atoms with Crippen LogP contribution in [0.2, 0.25) is 0 Å². The number of amides is 1. The Kier molecular flexibility index (Phi) is 6.48. The first-order valence-electron chi connectivity index (χ1n) is 14.0. The maximum Gasteiger partial charge on any atom is 0.256 e. The molecule has 6 nitrogen and oxygen atoms in total. The number of carbonyl (C=O) groups excluding carboxylic acids is 2. The highest BCUT2D eigenvalue weighted by molar-refractivity contribution is 5.93. The molecule has 0 aromatic carbocycles. The van der Waals surface area contributed by atoms with Crippen molar-refractivity contribution in [1.82, 2.24) is 14.7 Å². The van der Waals surface area contributed by atoms with Gasteiger partial charge in [-0.3, -0.25) is 9.48 Å². The third-order valence-electron chi connectivity index (χ3n) is 10.9. The predicted octanol–water partition coefficient (Wildman–Crippen LogP) is 4.84. The van der Waals surface area contributed by atoms with E-state index in [1.54, 1.807) is 29.0 Å². The van der Waals surface area contributed by atoms with E-state index in [0.29, 0.717) is 49.8 Å². The smallest absolute Gasteiger partial charge is 0.256 e. The summed E-state index contributed by atoms with van der Waals surface area (Å²) in [5.41, 5.74) is -0.677. The van der Waals surface area contributed by atoms with Gasteiger partial charge in [-0.25, -0.2) is 9.18 Å². The van der Waals surface area contributed by atoms with Crippen molar-refractivity contribution in [2.45, 2.75) is 96.4 Å². The molecule has 0 saturated heterocycles. The third-order valence-corrected chi connectivity index (χ3v) is 10.9. The van der Waals surface area contributed by atoms with Gasteiger partial charge in [0.1, 0.15) is 11.6 Å². The summed E-state index contributed by atoms with van der Waals surface area (Å²) in [6.07, 6.45) is 10.5. The average Bonchev–Trinajstić information content (AvgIpc) is 3.46. The summed E-state index contributed by atoms with van der Waals surface area (Å²) in [5.74, 6) is 3.11. The molecular formula is C29H42FN3O3. The largest absolute Gasteiger partial charge is 0.390 e. The molecular weight excluding hydrogens is 457 g/mol. The molecule has 4 aliphatic rings. The van der Waals surface area contributed by atoms with Crippen molar-refractivity contribution < 1.29 is 19.1 Å². The van der Waals surface area contributed by atoms with Crippen LogP contribution in [0.15, 0.2) is 18.0 Å². The summed E-state index contributed by atoms with van der Waals surface area (Å²) in [5, 5.41) is 15.0. The van der Waals surface area contributed by atoms with Gasteiger partial charge in [-0.2, -0.15) is 5.10 Å². The van der Waals surface area contributed by atoms with E-state index in [4.69, 9.17) is 0 Å². The van der Waals surface area contributed by atoms with E-state index in [1.165, 1.54) is 0 Å². The van der Waals surface area contributed by atoms with E-state index in [1.807, 2.05) is 13.8 Å². The summed E-state index contributed by atoms with van der Waals surface area (Å²) in [7, 11) is 1.76. The Labute approximate surface area is 214 Å². The number of carbonyl (C=O) groups is 1. The van der Waals surface area contributed by atoms with Crippen LogP contribution >= 0.6 is 0 Å². The molecule has 4 aliphatic carbocycles. The zero-order chi connectivity index (χ0) is 25.9. The van der Waals surface area contributed by atoms with E-state index in [0.717, 1.165) is 44.1 Å². The van der Waals surface area contributed by atoms with Gasteiger partial charge in [-0.05, 0) is 107 Å². The van der Waals surface area contributed by atoms with Crippen LogP contribution in [0.4, 0.5) is 4.39 Å². The number of aliphatic hydroxyl groups is 1. The van der Waals surface area contributed by atoms with Crippen molar-refractivity contribution in [3.63, 3.8) is 0 Å². The molecule has 0 aliphatic heterocycles. The number of hydrogen-bond acceptors (Lipinski definition) is 4. The van der Waals surface area contributed by atoms with Crippen LogP contribution in [0.25, 0.3) is 0 Å². The lowest BCUT2D eigenvalue weighted by Crippen LogP contribution is -2.58. The first-order chi connectivity index (χ1) is 17.0. The maximum absolute atomic E-state index is 16.6. The van der Waals surface area contributed by atoms with Gasteiger partial charge in [-0.15, -0.1) is 0 Å². The minimum Gasteiger partial charge on any atom is -0.390 e. The van der Waals surface area contributed by atoms with Crippen LogP contribution in [-0.2, 0) is 11.3 Å². The van der Waals surface area contributed by atoms with Crippen LogP contribution in [0, 0.1) is 35.0 Å². The van der Waals surface area contributed by atoms with E-state index in [9.17, 15) is 14.7 Å². The number of alkyl halides is 1.